The maximum Gasteiger partial charge on any atom is 0.234 e. The summed E-state index contributed by atoms with van der Waals surface area (Å²) in [6.07, 6.45) is 26.3. The predicted octanol–water partition coefficient (Wildman–Crippen LogP) is 7.55. The van der Waals surface area contributed by atoms with Crippen LogP contribution in [0, 0.1) is 5.92 Å². The van der Waals surface area contributed by atoms with Gasteiger partial charge >= 0.3 is 0 Å². The van der Waals surface area contributed by atoms with Crippen LogP contribution < -0.4 is 0 Å². The molecule has 4 nitrogen and oxygen atoms in total. The number of aliphatic imine (C=N–C) groups is 1. The number of nitrogens with zero attached hydrogens (tertiary/aromatic N) is 4. The van der Waals surface area contributed by atoms with Gasteiger partial charge in [0.15, 0.2) is 0 Å². The van der Waals surface area contributed by atoms with Crippen molar-refractivity contribution in [1.29, 1.82) is 0 Å². The molecule has 0 saturated carbocycles. The first-order valence-corrected chi connectivity index (χ1v) is 14.0. The van der Waals surface area contributed by atoms with Crippen LogP contribution in [0.4, 0.5) is 0 Å². The van der Waals surface area contributed by atoms with Crippen molar-refractivity contribution in [2.24, 2.45) is 10.9 Å². The van der Waals surface area contributed by atoms with E-state index in [1.807, 2.05) is 29.1 Å². The standard InChI is InChI=1S/C37H24N4/c1-2-5-23(6-3-1)29-20-28-19-27-13-15-31-30(14-11-26-12-16-32(35(27)34(26)31)36(28)39-21-29)24-7-9-25(10-8-24)33-22-41-18-4-17-38-37(41)40-33/h1-22,34,36H. The van der Waals surface area contributed by atoms with E-state index in [-0.39, 0.29) is 12.0 Å². The van der Waals surface area contributed by atoms with Gasteiger partial charge in [-0.2, -0.15) is 0 Å². The van der Waals surface area contributed by atoms with Crippen LogP contribution in [0.5, 0.6) is 0 Å². The second-order valence-corrected chi connectivity index (χ2v) is 10.9. The SMILES string of the molecule is C1=CC(c2ccc(-c3cn4cccnc4n3)cc2)=C2C=CC3=C4C(=CC=C1C24)C1N=CC(c2ccccc2)=CC1=C3. The minimum atomic E-state index is 0.0420. The Morgan fingerprint density at radius 2 is 1.61 bits per heavy atom. The van der Waals surface area contributed by atoms with E-state index in [1.54, 1.807) is 6.20 Å². The molecule has 2 aromatic carbocycles. The molecule has 192 valence electrons. The van der Waals surface area contributed by atoms with Gasteiger partial charge in [0.05, 0.1) is 5.69 Å². The fourth-order valence-electron chi connectivity index (χ4n) is 6.71. The quantitative estimate of drug-likeness (QED) is 0.278. The highest BCUT2D eigenvalue weighted by Crippen LogP contribution is 2.51. The zero-order valence-corrected chi connectivity index (χ0v) is 22.1. The molecule has 0 radical (unpaired) electrons. The number of hydrogen-bond donors (Lipinski definition) is 0. The third kappa shape index (κ3) is 3.44. The molecule has 2 atom stereocenters. The molecule has 9 rings (SSSR count). The molecular formula is C37H24N4. The lowest BCUT2D eigenvalue weighted by atomic mass is 9.65. The highest BCUT2D eigenvalue weighted by molar-refractivity contribution is 6.12. The number of aromatic nitrogens is 3. The summed E-state index contributed by atoms with van der Waals surface area (Å²) in [6, 6.07) is 21.2. The van der Waals surface area contributed by atoms with E-state index in [1.165, 1.54) is 50.1 Å². The smallest absolute Gasteiger partial charge is 0.234 e. The fourth-order valence-corrected chi connectivity index (χ4v) is 6.71. The Morgan fingerprint density at radius 3 is 2.49 bits per heavy atom. The lowest BCUT2D eigenvalue weighted by Gasteiger charge is -2.40. The first kappa shape index (κ1) is 22.5. The summed E-state index contributed by atoms with van der Waals surface area (Å²) in [6.45, 7) is 0. The number of imidazole rings is 1. The summed E-state index contributed by atoms with van der Waals surface area (Å²) in [5.41, 5.74) is 14.8. The summed E-state index contributed by atoms with van der Waals surface area (Å²) in [5.74, 6) is 0.939. The van der Waals surface area contributed by atoms with E-state index < -0.39 is 0 Å². The van der Waals surface area contributed by atoms with Gasteiger partial charge in [-0.25, -0.2) is 9.97 Å². The van der Waals surface area contributed by atoms with Crippen LogP contribution in [0.3, 0.4) is 0 Å². The lowest BCUT2D eigenvalue weighted by Crippen LogP contribution is -2.29. The molecule has 4 heteroatoms. The molecule has 4 aromatic rings. The van der Waals surface area contributed by atoms with Crippen molar-refractivity contribution in [1.82, 2.24) is 14.4 Å². The van der Waals surface area contributed by atoms with Gasteiger partial charge in [-0.1, -0.05) is 91.1 Å². The number of benzene rings is 2. The van der Waals surface area contributed by atoms with Crippen molar-refractivity contribution in [2.45, 2.75) is 6.04 Å². The Labute approximate surface area is 237 Å². The van der Waals surface area contributed by atoms with Gasteiger partial charge in [0.25, 0.3) is 0 Å². The number of hydrogen-bond acceptors (Lipinski definition) is 3. The summed E-state index contributed by atoms with van der Waals surface area (Å²) in [4.78, 5) is 14.1. The molecule has 0 bridgehead atoms. The van der Waals surface area contributed by atoms with Crippen molar-refractivity contribution in [3.05, 3.63) is 172 Å². The first-order chi connectivity index (χ1) is 20.3. The van der Waals surface area contributed by atoms with Crippen LogP contribution in [-0.4, -0.2) is 26.6 Å². The molecule has 5 aliphatic rings. The molecule has 0 amide bonds. The van der Waals surface area contributed by atoms with Crippen LogP contribution in [-0.2, 0) is 0 Å². The largest absolute Gasteiger partial charge is 0.291 e. The van der Waals surface area contributed by atoms with Gasteiger partial charge in [-0.3, -0.25) is 9.39 Å². The Kier molecular flexibility index (Phi) is 4.70. The summed E-state index contributed by atoms with van der Waals surface area (Å²) >= 11 is 0. The minimum Gasteiger partial charge on any atom is -0.291 e. The first-order valence-electron chi connectivity index (χ1n) is 14.0. The van der Waals surface area contributed by atoms with E-state index in [9.17, 15) is 0 Å². The van der Waals surface area contributed by atoms with Crippen molar-refractivity contribution in [3.63, 3.8) is 0 Å². The molecule has 0 spiro atoms. The summed E-state index contributed by atoms with van der Waals surface area (Å²) in [5, 5.41) is 0. The Hall–Kier alpha value is -5.35. The zero-order valence-electron chi connectivity index (χ0n) is 22.1. The molecule has 2 aromatic heterocycles. The van der Waals surface area contributed by atoms with Gasteiger partial charge in [-0.15, -0.1) is 0 Å². The molecule has 0 N–H and O–H groups in total. The van der Waals surface area contributed by atoms with Crippen molar-refractivity contribution >= 4 is 23.1 Å². The van der Waals surface area contributed by atoms with E-state index in [0.29, 0.717) is 5.78 Å². The molecule has 2 unspecified atom stereocenters. The van der Waals surface area contributed by atoms with Crippen molar-refractivity contribution in [2.75, 3.05) is 0 Å². The second-order valence-electron chi connectivity index (χ2n) is 10.9. The van der Waals surface area contributed by atoms with E-state index in [0.717, 1.165) is 16.8 Å². The predicted molar refractivity (Wildman–Crippen MR) is 165 cm³/mol. The van der Waals surface area contributed by atoms with Crippen molar-refractivity contribution in [3.8, 4) is 11.3 Å². The normalized spacial score (nSPS) is 21.8. The van der Waals surface area contributed by atoms with E-state index >= 15 is 0 Å². The van der Waals surface area contributed by atoms with Crippen molar-refractivity contribution < 1.29 is 0 Å². The Bertz CT molecular complexity index is 2040. The van der Waals surface area contributed by atoms with Crippen LogP contribution in [0.25, 0.3) is 28.2 Å². The molecule has 0 saturated heterocycles. The summed E-state index contributed by atoms with van der Waals surface area (Å²) < 4.78 is 1.95. The fraction of sp³-hybridized carbons (Fsp3) is 0.0541. The molecule has 0 fully saturated rings. The van der Waals surface area contributed by atoms with Crippen LogP contribution >= 0.6 is 0 Å². The number of dihydropyridines is 1. The number of allylic oxidation sites excluding steroid dienone is 12. The molecule has 1 aliphatic heterocycles. The molecular weight excluding hydrogens is 500 g/mol. The van der Waals surface area contributed by atoms with Crippen LogP contribution in [0.2, 0.25) is 0 Å². The Morgan fingerprint density at radius 1 is 0.732 bits per heavy atom. The third-order valence-electron chi connectivity index (χ3n) is 8.66. The lowest BCUT2D eigenvalue weighted by molar-refractivity contribution is 0.786. The number of rotatable bonds is 3. The maximum absolute atomic E-state index is 5.08. The number of fused-ring (bicyclic) bond motifs is 3. The van der Waals surface area contributed by atoms with Gasteiger partial charge in [-0.05, 0) is 73.9 Å². The minimum absolute atomic E-state index is 0.0420. The van der Waals surface area contributed by atoms with Gasteiger partial charge in [0.2, 0.25) is 5.78 Å². The molecule has 4 aliphatic carbocycles. The third-order valence-corrected chi connectivity index (χ3v) is 8.66. The summed E-state index contributed by atoms with van der Waals surface area (Å²) in [7, 11) is 0. The maximum atomic E-state index is 5.08. The monoisotopic (exact) mass is 524 g/mol. The Balaban J connectivity index is 1.10. The van der Waals surface area contributed by atoms with E-state index in [4.69, 9.17) is 9.98 Å². The van der Waals surface area contributed by atoms with Crippen LogP contribution in [0.1, 0.15) is 11.1 Å². The zero-order chi connectivity index (χ0) is 26.9. The average molecular weight is 525 g/mol. The van der Waals surface area contributed by atoms with Crippen LogP contribution in [0.15, 0.2) is 166 Å². The van der Waals surface area contributed by atoms with Gasteiger partial charge in [0, 0.05) is 36.3 Å². The topological polar surface area (TPSA) is 42.5 Å². The second kappa shape index (κ2) is 8.57. The average Bonchev–Trinajstić information content (AvgIpc) is 3.48. The molecule has 3 heterocycles. The highest BCUT2D eigenvalue weighted by atomic mass is 15.1. The molecule has 41 heavy (non-hydrogen) atoms. The van der Waals surface area contributed by atoms with Gasteiger partial charge in [0.1, 0.15) is 6.04 Å². The highest BCUT2D eigenvalue weighted by Gasteiger charge is 2.39. The van der Waals surface area contributed by atoms with Gasteiger partial charge < -0.3 is 0 Å². The van der Waals surface area contributed by atoms with E-state index in [2.05, 4.69) is 108 Å².